The number of thiophene rings is 1. The Balaban J connectivity index is 1.49. The third-order valence-corrected chi connectivity index (χ3v) is 7.63. The summed E-state index contributed by atoms with van der Waals surface area (Å²) in [7, 11) is 1.64. The van der Waals surface area contributed by atoms with Gasteiger partial charge in [0.2, 0.25) is 0 Å². The third kappa shape index (κ3) is 4.23. The minimum Gasteiger partial charge on any atom is -0.497 e. The van der Waals surface area contributed by atoms with E-state index in [9.17, 15) is 4.79 Å². The average molecular weight is 517 g/mol. The summed E-state index contributed by atoms with van der Waals surface area (Å²) in [6, 6.07) is 27.6. The van der Waals surface area contributed by atoms with Crippen molar-refractivity contribution < 1.29 is 9.53 Å². The predicted octanol–water partition coefficient (Wildman–Crippen LogP) is 7.33. The number of benzene rings is 3. The molecule has 3 heterocycles. The van der Waals surface area contributed by atoms with Crippen LogP contribution in [0.2, 0.25) is 0 Å². The smallest absolute Gasteiger partial charge is 0.268 e. The number of nitrogens with zero attached hydrogens (tertiary/aromatic N) is 2. The lowest BCUT2D eigenvalue weighted by Crippen LogP contribution is -2.12. The molecule has 38 heavy (non-hydrogen) atoms. The van der Waals surface area contributed by atoms with Crippen molar-refractivity contribution >= 4 is 49.7 Å². The number of anilines is 2. The number of amides is 1. The lowest BCUT2D eigenvalue weighted by Gasteiger charge is -2.10. The number of rotatable bonds is 5. The Morgan fingerprint density at radius 2 is 1.68 bits per heavy atom. The standard InChI is InChI=1S/C31H24N4O2S/c1-18-8-10-19(11-9-18)23-17-25(20-12-14-22(37-2)15-13-20)35-31-26(23)27(32)29(38-31)30(36)34-24-7-3-5-21-6-4-16-33-28(21)24/h3-17H,32H2,1-2H3,(H,34,36). The first kappa shape index (κ1) is 23.6. The highest BCUT2D eigenvalue weighted by Gasteiger charge is 2.22. The maximum Gasteiger partial charge on any atom is 0.268 e. The zero-order chi connectivity index (χ0) is 26.2. The Morgan fingerprint density at radius 1 is 0.947 bits per heavy atom. The van der Waals surface area contributed by atoms with Gasteiger partial charge in [-0.05, 0) is 60.5 Å². The lowest BCUT2D eigenvalue weighted by atomic mass is 9.98. The summed E-state index contributed by atoms with van der Waals surface area (Å²) in [6.07, 6.45) is 1.71. The summed E-state index contributed by atoms with van der Waals surface area (Å²) in [4.78, 5) is 24.0. The van der Waals surface area contributed by atoms with Crippen LogP contribution in [0.3, 0.4) is 0 Å². The number of hydrogen-bond acceptors (Lipinski definition) is 6. The molecule has 0 saturated heterocycles. The van der Waals surface area contributed by atoms with Crippen molar-refractivity contribution in [3.8, 4) is 28.1 Å². The molecule has 6 aromatic rings. The molecule has 0 radical (unpaired) electrons. The first-order valence-electron chi connectivity index (χ1n) is 12.1. The fourth-order valence-corrected chi connectivity index (χ4v) is 5.56. The van der Waals surface area contributed by atoms with E-state index in [0.29, 0.717) is 21.1 Å². The van der Waals surface area contributed by atoms with Gasteiger partial charge < -0.3 is 15.8 Å². The number of carbonyl (C=O) groups excluding carboxylic acids is 1. The Morgan fingerprint density at radius 3 is 2.45 bits per heavy atom. The zero-order valence-electron chi connectivity index (χ0n) is 20.9. The highest BCUT2D eigenvalue weighted by atomic mass is 32.1. The number of fused-ring (bicyclic) bond motifs is 2. The van der Waals surface area contributed by atoms with E-state index in [4.69, 9.17) is 15.5 Å². The van der Waals surface area contributed by atoms with Gasteiger partial charge in [0.05, 0.1) is 29.7 Å². The molecule has 1 amide bonds. The van der Waals surface area contributed by atoms with Crippen LogP contribution < -0.4 is 15.8 Å². The van der Waals surface area contributed by atoms with Crippen LogP contribution in [0.4, 0.5) is 11.4 Å². The second-order valence-electron chi connectivity index (χ2n) is 9.01. The summed E-state index contributed by atoms with van der Waals surface area (Å²) >= 11 is 1.29. The fraction of sp³-hybridized carbons (Fsp3) is 0.0645. The fourth-order valence-electron chi connectivity index (χ4n) is 4.54. The number of nitrogen functional groups attached to an aromatic ring is 1. The van der Waals surface area contributed by atoms with Crippen molar-refractivity contribution in [2.45, 2.75) is 6.92 Å². The molecule has 186 valence electrons. The maximum atomic E-state index is 13.5. The van der Waals surface area contributed by atoms with E-state index in [-0.39, 0.29) is 5.91 Å². The van der Waals surface area contributed by atoms with E-state index in [1.54, 1.807) is 13.3 Å². The monoisotopic (exact) mass is 516 g/mol. The molecule has 6 rings (SSSR count). The van der Waals surface area contributed by atoms with Crippen molar-refractivity contribution in [2.24, 2.45) is 0 Å². The number of carbonyl (C=O) groups is 1. The second-order valence-corrected chi connectivity index (χ2v) is 10.0. The molecule has 3 N–H and O–H groups in total. The number of aryl methyl sites for hydroxylation is 1. The quantitative estimate of drug-likeness (QED) is 0.250. The molecule has 0 atom stereocenters. The van der Waals surface area contributed by atoms with Gasteiger partial charge in [0, 0.05) is 22.5 Å². The Hall–Kier alpha value is -4.75. The van der Waals surface area contributed by atoms with Crippen LogP contribution in [0.15, 0.2) is 91.1 Å². The van der Waals surface area contributed by atoms with E-state index in [1.165, 1.54) is 11.3 Å². The van der Waals surface area contributed by atoms with Crippen LogP contribution in [0.1, 0.15) is 15.2 Å². The van der Waals surface area contributed by atoms with E-state index in [1.807, 2.05) is 60.7 Å². The molecule has 6 nitrogen and oxygen atoms in total. The third-order valence-electron chi connectivity index (χ3n) is 6.53. The molecule has 0 aliphatic rings. The Bertz CT molecular complexity index is 1800. The molecule has 0 unspecified atom stereocenters. The molecule has 0 saturated carbocycles. The molecular weight excluding hydrogens is 492 g/mol. The number of nitrogens with two attached hydrogens (primary N) is 1. The molecule has 7 heteroatoms. The van der Waals surface area contributed by atoms with Gasteiger partial charge in [0.15, 0.2) is 0 Å². The number of aromatic nitrogens is 2. The van der Waals surface area contributed by atoms with Gasteiger partial charge in [0.25, 0.3) is 5.91 Å². The van der Waals surface area contributed by atoms with Gasteiger partial charge in [-0.15, -0.1) is 11.3 Å². The van der Waals surface area contributed by atoms with Gasteiger partial charge in [-0.2, -0.15) is 0 Å². The topological polar surface area (TPSA) is 90.1 Å². The minimum absolute atomic E-state index is 0.287. The molecule has 3 aromatic carbocycles. The zero-order valence-corrected chi connectivity index (χ0v) is 21.7. The van der Waals surface area contributed by atoms with Crippen LogP contribution in [-0.2, 0) is 0 Å². The van der Waals surface area contributed by atoms with E-state index in [2.05, 4.69) is 41.5 Å². The van der Waals surface area contributed by atoms with Gasteiger partial charge in [-0.25, -0.2) is 4.98 Å². The van der Waals surface area contributed by atoms with Crippen LogP contribution in [-0.4, -0.2) is 23.0 Å². The van der Waals surface area contributed by atoms with Crippen LogP contribution >= 0.6 is 11.3 Å². The van der Waals surface area contributed by atoms with Crippen LogP contribution in [0, 0.1) is 6.92 Å². The molecular formula is C31H24N4O2S. The number of pyridine rings is 2. The van der Waals surface area contributed by atoms with Crippen molar-refractivity contribution in [3.63, 3.8) is 0 Å². The van der Waals surface area contributed by atoms with E-state index in [0.717, 1.165) is 50.0 Å². The summed E-state index contributed by atoms with van der Waals surface area (Å²) in [6.45, 7) is 2.05. The van der Waals surface area contributed by atoms with Gasteiger partial charge >= 0.3 is 0 Å². The van der Waals surface area contributed by atoms with Gasteiger partial charge in [-0.1, -0.05) is 48.0 Å². The normalized spacial score (nSPS) is 11.1. The lowest BCUT2D eigenvalue weighted by molar-refractivity contribution is 0.103. The maximum absolute atomic E-state index is 13.5. The SMILES string of the molecule is COc1ccc(-c2cc(-c3ccc(C)cc3)c3c(N)c(C(=O)Nc4cccc5cccnc45)sc3n2)cc1. The highest BCUT2D eigenvalue weighted by Crippen LogP contribution is 2.42. The second kappa shape index (κ2) is 9.61. The Kier molecular flexibility index (Phi) is 5.98. The summed E-state index contributed by atoms with van der Waals surface area (Å²) < 4.78 is 5.32. The number of para-hydroxylation sites is 1. The molecule has 3 aromatic heterocycles. The number of nitrogens with one attached hydrogen (secondary N) is 1. The van der Waals surface area contributed by atoms with Gasteiger partial charge in [0.1, 0.15) is 15.5 Å². The predicted molar refractivity (Wildman–Crippen MR) is 156 cm³/mol. The first-order chi connectivity index (χ1) is 18.5. The Labute approximate surface area is 223 Å². The average Bonchev–Trinajstić information content (AvgIpc) is 3.29. The van der Waals surface area contributed by atoms with Crippen LogP contribution in [0.25, 0.3) is 43.5 Å². The number of ether oxygens (including phenoxy) is 1. The number of methoxy groups -OCH3 is 1. The van der Waals surface area contributed by atoms with Gasteiger partial charge in [-0.3, -0.25) is 9.78 Å². The molecule has 0 bridgehead atoms. The largest absolute Gasteiger partial charge is 0.497 e. The summed E-state index contributed by atoms with van der Waals surface area (Å²) in [5.41, 5.74) is 13.3. The number of hydrogen-bond donors (Lipinski definition) is 2. The van der Waals surface area contributed by atoms with Crippen LogP contribution in [0.5, 0.6) is 5.75 Å². The molecule has 0 spiro atoms. The minimum atomic E-state index is -0.287. The highest BCUT2D eigenvalue weighted by molar-refractivity contribution is 7.21. The first-order valence-corrected chi connectivity index (χ1v) is 12.9. The van der Waals surface area contributed by atoms with Crippen molar-refractivity contribution in [1.82, 2.24) is 9.97 Å². The molecule has 0 aliphatic heterocycles. The van der Waals surface area contributed by atoms with Crippen molar-refractivity contribution in [3.05, 3.63) is 102 Å². The van der Waals surface area contributed by atoms with Crippen molar-refractivity contribution in [1.29, 1.82) is 0 Å². The molecule has 0 fully saturated rings. The summed E-state index contributed by atoms with van der Waals surface area (Å²) in [5.74, 6) is 0.486. The van der Waals surface area contributed by atoms with E-state index >= 15 is 0 Å². The summed E-state index contributed by atoms with van der Waals surface area (Å²) in [5, 5.41) is 4.74. The van der Waals surface area contributed by atoms with E-state index < -0.39 is 0 Å². The molecule has 0 aliphatic carbocycles. The van der Waals surface area contributed by atoms with Crippen molar-refractivity contribution in [2.75, 3.05) is 18.2 Å².